The molecule has 0 saturated carbocycles. The molecule has 1 unspecified atom stereocenters. The summed E-state index contributed by atoms with van der Waals surface area (Å²) < 4.78 is 5.26. The number of aromatic nitrogens is 1. The SMILES string of the molecule is O=C(OCN1C(=O)CCC(N2C(=O)c3ccccc3C2=O)C1=O)c1cncc2ccccc12. The van der Waals surface area contributed by atoms with Gasteiger partial charge in [-0.3, -0.25) is 29.1 Å². The fourth-order valence-corrected chi connectivity index (χ4v) is 4.17. The first-order chi connectivity index (χ1) is 16.0. The van der Waals surface area contributed by atoms with Gasteiger partial charge in [0.25, 0.3) is 17.7 Å². The molecule has 33 heavy (non-hydrogen) atoms. The van der Waals surface area contributed by atoms with Gasteiger partial charge in [-0.2, -0.15) is 0 Å². The van der Waals surface area contributed by atoms with Crippen LogP contribution in [0, 0.1) is 0 Å². The number of carbonyl (C=O) groups excluding carboxylic acids is 5. The number of likely N-dealkylation sites (tertiary alicyclic amines) is 1. The third-order valence-electron chi connectivity index (χ3n) is 5.83. The lowest BCUT2D eigenvalue weighted by Crippen LogP contribution is -2.56. The van der Waals surface area contributed by atoms with Gasteiger partial charge in [-0.25, -0.2) is 9.69 Å². The first-order valence-electron chi connectivity index (χ1n) is 10.3. The second-order valence-corrected chi connectivity index (χ2v) is 7.71. The van der Waals surface area contributed by atoms with E-state index in [2.05, 4.69) is 4.98 Å². The van der Waals surface area contributed by atoms with E-state index in [4.69, 9.17) is 4.74 Å². The van der Waals surface area contributed by atoms with Crippen LogP contribution in [0.15, 0.2) is 60.9 Å². The molecule has 4 amide bonds. The van der Waals surface area contributed by atoms with Crippen molar-refractivity contribution in [3.05, 3.63) is 77.6 Å². The minimum Gasteiger partial charge on any atom is -0.440 e. The van der Waals surface area contributed by atoms with E-state index in [0.717, 1.165) is 15.2 Å². The van der Waals surface area contributed by atoms with Crippen molar-refractivity contribution < 1.29 is 28.7 Å². The average molecular weight is 443 g/mol. The second kappa shape index (κ2) is 7.94. The van der Waals surface area contributed by atoms with Gasteiger partial charge in [-0.15, -0.1) is 0 Å². The largest absolute Gasteiger partial charge is 0.440 e. The van der Waals surface area contributed by atoms with Gasteiger partial charge in [0.05, 0.1) is 16.7 Å². The molecule has 0 aliphatic carbocycles. The number of hydrogen-bond donors (Lipinski definition) is 0. The smallest absolute Gasteiger partial charge is 0.342 e. The summed E-state index contributed by atoms with van der Waals surface area (Å²) in [5, 5.41) is 1.36. The van der Waals surface area contributed by atoms with Crippen molar-refractivity contribution >= 4 is 40.4 Å². The number of fused-ring (bicyclic) bond motifs is 2. The molecule has 1 saturated heterocycles. The minimum absolute atomic E-state index is 0.0147. The molecule has 3 heterocycles. The number of ether oxygens (including phenoxy) is 1. The van der Waals surface area contributed by atoms with Crippen LogP contribution in [0.4, 0.5) is 0 Å². The van der Waals surface area contributed by atoms with Gasteiger partial charge in [0, 0.05) is 24.2 Å². The monoisotopic (exact) mass is 443 g/mol. The Hall–Kier alpha value is -4.40. The molecule has 0 bridgehead atoms. The third kappa shape index (κ3) is 3.34. The number of pyridine rings is 1. The van der Waals surface area contributed by atoms with Crippen LogP contribution in [0.25, 0.3) is 10.8 Å². The number of benzene rings is 2. The molecule has 2 aliphatic heterocycles. The molecule has 3 aromatic rings. The highest BCUT2D eigenvalue weighted by Gasteiger charge is 2.47. The van der Waals surface area contributed by atoms with E-state index in [0.29, 0.717) is 5.39 Å². The second-order valence-electron chi connectivity index (χ2n) is 7.71. The number of hydrogen-bond acceptors (Lipinski definition) is 7. The highest BCUT2D eigenvalue weighted by molar-refractivity contribution is 6.23. The lowest BCUT2D eigenvalue weighted by molar-refractivity contribution is -0.156. The summed E-state index contributed by atoms with van der Waals surface area (Å²) in [5.74, 6) is -3.21. The average Bonchev–Trinajstić information content (AvgIpc) is 3.09. The highest BCUT2D eigenvalue weighted by atomic mass is 16.5. The van der Waals surface area contributed by atoms with Crippen molar-refractivity contribution in [2.24, 2.45) is 0 Å². The number of nitrogens with zero attached hydrogens (tertiary/aromatic N) is 3. The number of amides is 4. The van der Waals surface area contributed by atoms with E-state index in [1.807, 2.05) is 6.07 Å². The van der Waals surface area contributed by atoms with E-state index < -0.39 is 42.4 Å². The molecule has 2 aliphatic rings. The molecule has 0 spiro atoms. The predicted octanol–water partition coefficient (Wildman–Crippen LogP) is 2.16. The zero-order chi connectivity index (χ0) is 23.1. The van der Waals surface area contributed by atoms with E-state index >= 15 is 0 Å². The Kier molecular flexibility index (Phi) is 4.93. The normalized spacial score (nSPS) is 18.1. The molecule has 1 aromatic heterocycles. The van der Waals surface area contributed by atoms with Gasteiger partial charge in [-0.05, 0) is 23.9 Å². The maximum absolute atomic E-state index is 13.1. The molecule has 5 rings (SSSR count). The van der Waals surface area contributed by atoms with Gasteiger partial charge < -0.3 is 4.74 Å². The number of rotatable bonds is 4. The van der Waals surface area contributed by atoms with Gasteiger partial charge in [0.1, 0.15) is 6.04 Å². The van der Waals surface area contributed by atoms with Crippen LogP contribution in [0.5, 0.6) is 0 Å². The summed E-state index contributed by atoms with van der Waals surface area (Å²) in [6.07, 6.45) is 2.90. The number of carbonyl (C=O) groups is 5. The summed E-state index contributed by atoms with van der Waals surface area (Å²) in [7, 11) is 0. The molecule has 0 N–H and O–H groups in total. The fraction of sp³-hybridized carbons (Fsp3) is 0.167. The molecule has 9 heteroatoms. The highest BCUT2D eigenvalue weighted by Crippen LogP contribution is 2.29. The van der Waals surface area contributed by atoms with Crippen molar-refractivity contribution in [1.82, 2.24) is 14.8 Å². The summed E-state index contributed by atoms with van der Waals surface area (Å²) in [6, 6.07) is 12.3. The topological polar surface area (TPSA) is 114 Å². The van der Waals surface area contributed by atoms with Gasteiger partial charge >= 0.3 is 5.97 Å². The standard InChI is InChI=1S/C24H17N3O6/c28-20-10-9-19(27-21(29)16-7-3-4-8-17(16)22(27)30)23(31)26(20)13-33-24(32)18-12-25-11-14-5-1-2-6-15(14)18/h1-8,11-12,19H,9-10,13H2. The predicted molar refractivity (Wildman–Crippen MR) is 114 cm³/mol. The van der Waals surface area contributed by atoms with Crippen LogP contribution in [-0.2, 0) is 14.3 Å². The first kappa shape index (κ1) is 20.5. The lowest BCUT2D eigenvalue weighted by atomic mass is 10.0. The van der Waals surface area contributed by atoms with Crippen LogP contribution >= 0.6 is 0 Å². The van der Waals surface area contributed by atoms with Crippen molar-refractivity contribution in [1.29, 1.82) is 0 Å². The maximum Gasteiger partial charge on any atom is 0.342 e. The van der Waals surface area contributed by atoms with Crippen LogP contribution in [0.1, 0.15) is 43.9 Å². The van der Waals surface area contributed by atoms with Gasteiger partial charge in [0.15, 0.2) is 6.73 Å². The summed E-state index contributed by atoms with van der Waals surface area (Å²) >= 11 is 0. The summed E-state index contributed by atoms with van der Waals surface area (Å²) in [4.78, 5) is 69.4. The van der Waals surface area contributed by atoms with E-state index in [1.54, 1.807) is 36.5 Å². The van der Waals surface area contributed by atoms with Crippen molar-refractivity contribution in [3.63, 3.8) is 0 Å². The van der Waals surface area contributed by atoms with Gasteiger partial charge in [-0.1, -0.05) is 36.4 Å². The molecule has 0 radical (unpaired) electrons. The van der Waals surface area contributed by atoms with Crippen molar-refractivity contribution in [2.45, 2.75) is 18.9 Å². The molecular formula is C24H17N3O6. The first-order valence-corrected chi connectivity index (χ1v) is 10.3. The Balaban J connectivity index is 1.34. The number of esters is 1. The Morgan fingerprint density at radius 3 is 2.33 bits per heavy atom. The van der Waals surface area contributed by atoms with E-state index in [1.165, 1.54) is 18.3 Å². The van der Waals surface area contributed by atoms with Crippen molar-refractivity contribution in [3.8, 4) is 0 Å². The Labute approximate surface area is 187 Å². The van der Waals surface area contributed by atoms with Crippen LogP contribution in [0.2, 0.25) is 0 Å². The van der Waals surface area contributed by atoms with Crippen LogP contribution in [0.3, 0.4) is 0 Å². The Bertz CT molecular complexity index is 1310. The number of imide groups is 2. The Morgan fingerprint density at radius 2 is 1.61 bits per heavy atom. The summed E-state index contributed by atoms with van der Waals surface area (Å²) in [5.41, 5.74) is 0.629. The third-order valence-corrected chi connectivity index (χ3v) is 5.83. The van der Waals surface area contributed by atoms with Gasteiger partial charge in [0.2, 0.25) is 5.91 Å². The quantitative estimate of drug-likeness (QED) is 0.448. The number of piperidine rings is 1. The molecule has 164 valence electrons. The summed E-state index contributed by atoms with van der Waals surface area (Å²) in [6.45, 7) is -0.626. The van der Waals surface area contributed by atoms with Crippen LogP contribution < -0.4 is 0 Å². The zero-order valence-corrected chi connectivity index (χ0v) is 17.3. The van der Waals surface area contributed by atoms with E-state index in [9.17, 15) is 24.0 Å². The Morgan fingerprint density at radius 1 is 0.939 bits per heavy atom. The maximum atomic E-state index is 13.1. The lowest BCUT2D eigenvalue weighted by Gasteiger charge is -2.33. The zero-order valence-electron chi connectivity index (χ0n) is 17.3. The fourth-order valence-electron chi connectivity index (χ4n) is 4.17. The van der Waals surface area contributed by atoms with Crippen LogP contribution in [-0.4, -0.2) is 57.2 Å². The van der Waals surface area contributed by atoms with E-state index in [-0.39, 0.29) is 29.5 Å². The minimum atomic E-state index is -1.15. The molecular weight excluding hydrogens is 426 g/mol. The molecule has 2 aromatic carbocycles. The molecule has 1 atom stereocenters. The molecule has 1 fully saturated rings. The van der Waals surface area contributed by atoms with Crippen molar-refractivity contribution in [2.75, 3.05) is 6.73 Å². The molecule has 9 nitrogen and oxygen atoms in total.